The second-order valence-corrected chi connectivity index (χ2v) is 7.21. The molecule has 4 N–H and O–H groups in total. The maximum atomic E-state index is 12.2. The van der Waals surface area contributed by atoms with Gasteiger partial charge in [0.25, 0.3) is 0 Å². The van der Waals surface area contributed by atoms with Crippen LogP contribution in [0.1, 0.15) is 38.0 Å². The van der Waals surface area contributed by atoms with Crippen LogP contribution in [0.4, 0.5) is 10.6 Å². The molecule has 4 atom stereocenters. The average molecular weight is 389 g/mol. The zero-order valence-electron chi connectivity index (χ0n) is 15.0. The van der Waals surface area contributed by atoms with E-state index in [2.05, 4.69) is 10.1 Å². The van der Waals surface area contributed by atoms with E-state index in [0.29, 0.717) is 24.1 Å². The molecule has 4 rings (SSSR count). The van der Waals surface area contributed by atoms with Gasteiger partial charge in [-0.2, -0.15) is 10.4 Å². The van der Waals surface area contributed by atoms with Crippen LogP contribution in [-0.2, 0) is 14.2 Å². The normalized spacial score (nSPS) is 31.1. The fourth-order valence-electron chi connectivity index (χ4n) is 3.46. The first kappa shape index (κ1) is 18.4. The molecule has 11 heteroatoms. The van der Waals surface area contributed by atoms with Crippen LogP contribution in [0.3, 0.4) is 0 Å². The fraction of sp³-hybridized carbons (Fsp3) is 0.529. The van der Waals surface area contributed by atoms with Crippen LogP contribution in [0.25, 0.3) is 5.52 Å². The van der Waals surface area contributed by atoms with Crippen LogP contribution < -0.4 is 5.73 Å². The number of fused-ring (bicyclic) bond motifs is 1. The molecule has 2 aromatic rings. The second kappa shape index (κ2) is 6.30. The molecule has 2 aromatic heterocycles. The fourth-order valence-corrected chi connectivity index (χ4v) is 3.46. The van der Waals surface area contributed by atoms with E-state index in [9.17, 15) is 20.3 Å². The topological polar surface area (TPSA) is 165 Å². The standard InChI is InChI=1S/C17H19N5O6/c1-16(5-2-6-16)27-15(25)28-17(7-18)13(24)11(23)12(26-17)9-3-4-10-14(19)20-8-21-22(9)10/h3-4,8,11-13,23-24H,2,5-6H2,1H3,(H2,19,20,21)/t11-,12-,13-,17+/m0/s1. The largest absolute Gasteiger partial charge is 0.512 e. The summed E-state index contributed by atoms with van der Waals surface area (Å²) in [6, 6.07) is 4.80. The SMILES string of the molecule is CC1(OC(=O)O[C@@]2(C#N)O[C@@H](c3ccc4c(N)ncnn34)[C@H](O)[C@@H]2O)CCC1. The first-order valence-electron chi connectivity index (χ1n) is 8.74. The van der Waals surface area contributed by atoms with Crippen molar-refractivity contribution in [3.63, 3.8) is 0 Å². The Kier molecular flexibility index (Phi) is 4.15. The lowest BCUT2D eigenvalue weighted by atomic mass is 9.82. The van der Waals surface area contributed by atoms with Crippen LogP contribution in [-0.4, -0.2) is 54.6 Å². The number of carbonyl (C=O) groups excluding carboxylic acids is 1. The van der Waals surface area contributed by atoms with E-state index in [1.165, 1.54) is 10.8 Å². The highest BCUT2D eigenvalue weighted by Gasteiger charge is 2.60. The molecule has 1 aliphatic carbocycles. The van der Waals surface area contributed by atoms with Crippen LogP contribution in [0, 0.1) is 11.3 Å². The first-order valence-corrected chi connectivity index (χ1v) is 8.74. The third-order valence-corrected chi connectivity index (χ3v) is 5.26. The molecular weight excluding hydrogens is 370 g/mol. The first-order chi connectivity index (χ1) is 13.3. The smallest absolute Gasteiger partial charge is 0.428 e. The van der Waals surface area contributed by atoms with E-state index in [1.54, 1.807) is 25.1 Å². The lowest BCUT2D eigenvalue weighted by Gasteiger charge is -2.37. The van der Waals surface area contributed by atoms with Crippen LogP contribution >= 0.6 is 0 Å². The molecule has 0 bridgehead atoms. The van der Waals surface area contributed by atoms with Gasteiger partial charge in [-0.25, -0.2) is 14.3 Å². The molecule has 0 radical (unpaired) electrons. The Bertz CT molecular complexity index is 967. The van der Waals surface area contributed by atoms with E-state index in [-0.39, 0.29) is 5.82 Å². The molecule has 2 aliphatic rings. The predicted octanol–water partition coefficient (Wildman–Crippen LogP) is 0.420. The van der Waals surface area contributed by atoms with E-state index in [4.69, 9.17) is 19.9 Å². The minimum atomic E-state index is -2.43. The number of hydrogen-bond donors (Lipinski definition) is 3. The number of nitriles is 1. The van der Waals surface area contributed by atoms with E-state index < -0.39 is 35.9 Å². The minimum absolute atomic E-state index is 0.203. The summed E-state index contributed by atoms with van der Waals surface area (Å²) in [7, 11) is 0. The van der Waals surface area contributed by atoms with Crippen molar-refractivity contribution in [3.8, 4) is 6.07 Å². The van der Waals surface area contributed by atoms with E-state index in [1.807, 2.05) is 0 Å². The maximum Gasteiger partial charge on any atom is 0.512 e. The minimum Gasteiger partial charge on any atom is -0.428 e. The van der Waals surface area contributed by atoms with Gasteiger partial charge in [0.2, 0.25) is 0 Å². The quantitative estimate of drug-likeness (QED) is 0.626. The Labute approximate surface area is 159 Å². The molecular formula is C17H19N5O6. The van der Waals surface area contributed by atoms with Gasteiger partial charge in [-0.1, -0.05) is 0 Å². The molecule has 1 saturated heterocycles. The highest BCUT2D eigenvalue weighted by molar-refractivity contribution is 5.65. The molecule has 148 valence electrons. The zero-order valence-corrected chi connectivity index (χ0v) is 15.0. The van der Waals surface area contributed by atoms with E-state index in [0.717, 1.165) is 6.42 Å². The summed E-state index contributed by atoms with van der Waals surface area (Å²) in [6.45, 7) is 1.75. The Morgan fingerprint density at radius 3 is 2.82 bits per heavy atom. The van der Waals surface area contributed by atoms with Crippen molar-refractivity contribution in [1.29, 1.82) is 5.26 Å². The Morgan fingerprint density at radius 1 is 1.43 bits per heavy atom. The number of nitrogens with zero attached hydrogens (tertiary/aromatic N) is 4. The van der Waals surface area contributed by atoms with Crippen molar-refractivity contribution < 1.29 is 29.2 Å². The number of nitrogens with two attached hydrogens (primary N) is 1. The number of aliphatic hydroxyl groups excluding tert-OH is 2. The number of ether oxygens (including phenoxy) is 3. The number of nitrogen functional groups attached to an aromatic ring is 1. The zero-order chi connectivity index (χ0) is 20.1. The molecule has 28 heavy (non-hydrogen) atoms. The summed E-state index contributed by atoms with van der Waals surface area (Å²) in [6.07, 6.45) is -2.27. The van der Waals surface area contributed by atoms with Crippen LogP contribution in [0.2, 0.25) is 0 Å². The van der Waals surface area contributed by atoms with Gasteiger partial charge in [-0.15, -0.1) is 0 Å². The lowest BCUT2D eigenvalue weighted by molar-refractivity contribution is -0.209. The third-order valence-electron chi connectivity index (χ3n) is 5.26. The number of anilines is 1. The van der Waals surface area contributed by atoms with Crippen LogP contribution in [0.15, 0.2) is 18.5 Å². The number of aromatic nitrogens is 3. The number of aliphatic hydroxyl groups is 2. The molecule has 0 aromatic carbocycles. The van der Waals surface area contributed by atoms with Gasteiger partial charge in [0.15, 0.2) is 11.9 Å². The molecule has 0 unspecified atom stereocenters. The molecule has 3 heterocycles. The number of carbonyl (C=O) groups is 1. The Morgan fingerprint density at radius 2 is 2.18 bits per heavy atom. The molecule has 11 nitrogen and oxygen atoms in total. The molecule has 1 saturated carbocycles. The monoisotopic (exact) mass is 389 g/mol. The predicted molar refractivity (Wildman–Crippen MR) is 91.4 cm³/mol. The molecule has 1 aliphatic heterocycles. The van der Waals surface area contributed by atoms with Crippen molar-refractivity contribution in [1.82, 2.24) is 14.6 Å². The second-order valence-electron chi connectivity index (χ2n) is 7.21. The maximum absolute atomic E-state index is 12.2. The van der Waals surface area contributed by atoms with Gasteiger partial charge in [0, 0.05) is 0 Å². The highest BCUT2D eigenvalue weighted by atomic mass is 16.8. The summed E-state index contributed by atoms with van der Waals surface area (Å²) in [4.78, 5) is 16.0. The summed E-state index contributed by atoms with van der Waals surface area (Å²) in [5.41, 5.74) is 5.88. The van der Waals surface area contributed by atoms with Crippen molar-refractivity contribution in [2.24, 2.45) is 0 Å². The highest BCUT2D eigenvalue weighted by Crippen LogP contribution is 2.42. The Balaban J connectivity index is 1.61. The Hall–Kier alpha value is -2.94. The van der Waals surface area contributed by atoms with Gasteiger partial charge >= 0.3 is 11.9 Å². The van der Waals surface area contributed by atoms with E-state index >= 15 is 0 Å². The summed E-state index contributed by atoms with van der Waals surface area (Å²) in [5, 5.41) is 34.5. The molecule has 0 amide bonds. The van der Waals surface area contributed by atoms with Crippen molar-refractivity contribution in [3.05, 3.63) is 24.2 Å². The van der Waals surface area contributed by atoms with Crippen molar-refractivity contribution in [2.75, 3.05) is 5.73 Å². The van der Waals surface area contributed by atoms with Gasteiger partial charge in [-0.05, 0) is 38.3 Å². The molecule has 2 fully saturated rings. The van der Waals surface area contributed by atoms with Gasteiger partial charge in [0.1, 0.15) is 35.7 Å². The summed E-state index contributed by atoms with van der Waals surface area (Å²) < 4.78 is 17.2. The van der Waals surface area contributed by atoms with Gasteiger partial charge < -0.3 is 30.2 Å². The lowest BCUT2D eigenvalue weighted by Crippen LogP contribution is -2.48. The van der Waals surface area contributed by atoms with Gasteiger partial charge in [-0.3, -0.25) is 0 Å². The third kappa shape index (κ3) is 2.73. The van der Waals surface area contributed by atoms with Crippen LogP contribution in [0.5, 0.6) is 0 Å². The van der Waals surface area contributed by atoms with Crippen molar-refractivity contribution >= 4 is 17.5 Å². The number of hydrogen-bond acceptors (Lipinski definition) is 10. The molecule has 0 spiro atoms. The summed E-state index contributed by atoms with van der Waals surface area (Å²) >= 11 is 0. The number of rotatable bonds is 3. The average Bonchev–Trinajstić information content (AvgIpc) is 3.16. The van der Waals surface area contributed by atoms with Gasteiger partial charge in [0.05, 0.1) is 5.69 Å². The van der Waals surface area contributed by atoms with Crippen molar-refractivity contribution in [2.45, 2.75) is 55.9 Å². The summed E-state index contributed by atoms with van der Waals surface area (Å²) in [5.74, 6) is -2.22.